The third-order valence-electron chi connectivity index (χ3n) is 1.81. The lowest BCUT2D eigenvalue weighted by Crippen LogP contribution is -2.28. The van der Waals surface area contributed by atoms with Crippen molar-refractivity contribution < 1.29 is 19.4 Å². The maximum absolute atomic E-state index is 10.9. The Morgan fingerprint density at radius 2 is 1.93 bits per heavy atom. The van der Waals surface area contributed by atoms with E-state index in [0.717, 1.165) is 32.0 Å². The predicted octanol–water partition coefficient (Wildman–Crippen LogP) is 1.50. The van der Waals surface area contributed by atoms with Crippen LogP contribution in [0.3, 0.4) is 0 Å². The Bertz CT molecular complexity index is 221. The first-order valence-electron chi connectivity index (χ1n) is 4.88. The highest BCUT2D eigenvalue weighted by Gasteiger charge is 2.17. The van der Waals surface area contributed by atoms with Gasteiger partial charge in [0.25, 0.3) is 0 Å². The summed E-state index contributed by atoms with van der Waals surface area (Å²) < 4.78 is 4.81. The van der Waals surface area contributed by atoms with Gasteiger partial charge >= 0.3 is 12.1 Å². The van der Waals surface area contributed by atoms with Crippen LogP contribution in [-0.2, 0) is 9.53 Å². The van der Waals surface area contributed by atoms with E-state index in [4.69, 9.17) is 9.84 Å². The van der Waals surface area contributed by atoms with Crippen LogP contribution >= 0.6 is 0 Å². The van der Waals surface area contributed by atoms with Gasteiger partial charge in [0.05, 0.1) is 6.61 Å². The third-order valence-corrected chi connectivity index (χ3v) is 1.81. The number of aliphatic carboxylic acids is 1. The van der Waals surface area contributed by atoms with Gasteiger partial charge in [-0.3, -0.25) is 0 Å². The van der Waals surface area contributed by atoms with Crippen LogP contribution in [0.1, 0.15) is 19.8 Å². The number of carbonyl (C=O) groups excluding carboxylic acids is 1. The van der Waals surface area contributed by atoms with Gasteiger partial charge in [0.2, 0.25) is 0 Å². The summed E-state index contributed by atoms with van der Waals surface area (Å²) in [6.07, 6.45) is 2.93. The number of rotatable bonds is 2. The Morgan fingerprint density at radius 1 is 1.47 bits per heavy atom. The van der Waals surface area contributed by atoms with E-state index in [-0.39, 0.29) is 6.09 Å². The highest BCUT2D eigenvalue weighted by atomic mass is 16.6. The van der Waals surface area contributed by atoms with Crippen LogP contribution in [0.15, 0.2) is 12.7 Å². The van der Waals surface area contributed by atoms with Gasteiger partial charge < -0.3 is 14.7 Å². The first-order chi connectivity index (χ1) is 7.11. The van der Waals surface area contributed by atoms with Gasteiger partial charge in [0.15, 0.2) is 0 Å². The second-order valence-corrected chi connectivity index (χ2v) is 2.94. The van der Waals surface area contributed by atoms with Gasteiger partial charge in [0.1, 0.15) is 0 Å². The van der Waals surface area contributed by atoms with E-state index in [0.29, 0.717) is 6.61 Å². The molecule has 1 rings (SSSR count). The van der Waals surface area contributed by atoms with Crippen molar-refractivity contribution in [1.82, 2.24) is 4.90 Å². The maximum Gasteiger partial charge on any atom is 0.409 e. The van der Waals surface area contributed by atoms with Gasteiger partial charge in [-0.2, -0.15) is 0 Å². The molecule has 1 heterocycles. The molecule has 0 aromatic rings. The number of hydrogen-bond donors (Lipinski definition) is 1. The fraction of sp³-hybridized carbons (Fsp3) is 0.600. The zero-order chi connectivity index (χ0) is 11.7. The Morgan fingerprint density at radius 3 is 2.27 bits per heavy atom. The number of carboxylic acids is 1. The molecule has 0 radical (unpaired) electrons. The normalized spacial score (nSPS) is 13.8. The summed E-state index contributed by atoms with van der Waals surface area (Å²) in [5, 5.41) is 7.60. The van der Waals surface area contributed by atoms with Crippen molar-refractivity contribution in [2.45, 2.75) is 19.8 Å². The van der Waals surface area contributed by atoms with Gasteiger partial charge in [-0.15, -0.1) is 0 Å². The van der Waals surface area contributed by atoms with Crippen molar-refractivity contribution in [2.24, 2.45) is 0 Å². The van der Waals surface area contributed by atoms with Gasteiger partial charge in [-0.05, 0) is 19.8 Å². The van der Waals surface area contributed by atoms with Gasteiger partial charge in [0, 0.05) is 19.2 Å². The molecule has 5 heteroatoms. The fourth-order valence-electron chi connectivity index (χ4n) is 1.11. The van der Waals surface area contributed by atoms with Crippen LogP contribution in [-0.4, -0.2) is 41.8 Å². The molecule has 1 amide bonds. The summed E-state index contributed by atoms with van der Waals surface area (Å²) in [6.45, 7) is 7.02. The number of carboxylic acid groups (broad SMARTS) is 1. The van der Waals surface area contributed by atoms with Crippen LogP contribution in [0, 0.1) is 0 Å². The molecule has 0 bridgehead atoms. The largest absolute Gasteiger partial charge is 0.478 e. The summed E-state index contributed by atoms with van der Waals surface area (Å²) in [7, 11) is 0. The molecule has 0 aromatic heterocycles. The van der Waals surface area contributed by atoms with Crippen LogP contribution < -0.4 is 0 Å². The average Bonchev–Trinajstić information content (AvgIpc) is 2.72. The Hall–Kier alpha value is -1.52. The maximum atomic E-state index is 10.9. The van der Waals surface area contributed by atoms with E-state index in [1.807, 2.05) is 6.92 Å². The predicted molar refractivity (Wildman–Crippen MR) is 55.7 cm³/mol. The first kappa shape index (κ1) is 13.5. The first-order valence-corrected chi connectivity index (χ1v) is 4.88. The van der Waals surface area contributed by atoms with Crippen LogP contribution in [0.2, 0.25) is 0 Å². The number of hydrogen-bond acceptors (Lipinski definition) is 3. The quantitative estimate of drug-likeness (QED) is 0.709. The molecule has 0 aliphatic carbocycles. The molecule has 0 atom stereocenters. The minimum Gasteiger partial charge on any atom is -0.478 e. The topological polar surface area (TPSA) is 66.8 Å². The van der Waals surface area contributed by atoms with E-state index in [9.17, 15) is 9.59 Å². The molecular formula is C10H17NO4. The highest BCUT2D eigenvalue weighted by Crippen LogP contribution is 2.08. The average molecular weight is 215 g/mol. The van der Waals surface area contributed by atoms with E-state index in [2.05, 4.69) is 6.58 Å². The zero-order valence-electron chi connectivity index (χ0n) is 8.94. The van der Waals surface area contributed by atoms with Crippen molar-refractivity contribution in [3.63, 3.8) is 0 Å². The summed E-state index contributed by atoms with van der Waals surface area (Å²) in [4.78, 5) is 22.0. The zero-order valence-corrected chi connectivity index (χ0v) is 8.94. The fourth-order valence-corrected chi connectivity index (χ4v) is 1.11. The Balaban J connectivity index is 0.000000336. The third kappa shape index (κ3) is 6.54. The minimum atomic E-state index is -0.981. The molecule has 1 fully saturated rings. The van der Waals surface area contributed by atoms with Crippen LogP contribution in [0.25, 0.3) is 0 Å². The second-order valence-electron chi connectivity index (χ2n) is 2.94. The van der Waals surface area contributed by atoms with Crippen molar-refractivity contribution >= 4 is 12.1 Å². The van der Waals surface area contributed by atoms with Crippen molar-refractivity contribution in [2.75, 3.05) is 19.7 Å². The summed E-state index contributed by atoms with van der Waals surface area (Å²) in [6, 6.07) is 0. The lowest BCUT2D eigenvalue weighted by atomic mass is 10.4. The summed E-state index contributed by atoms with van der Waals surface area (Å²) in [5.74, 6) is -0.981. The molecule has 0 saturated carbocycles. The van der Waals surface area contributed by atoms with Crippen LogP contribution in [0.5, 0.6) is 0 Å². The second kappa shape index (κ2) is 7.84. The number of ether oxygens (including phenoxy) is 1. The number of amides is 1. The molecule has 1 N–H and O–H groups in total. The molecule has 1 aliphatic rings. The standard InChI is InChI=1S/C7H13NO2.C3H4O2/c1-2-10-7(9)8-5-3-4-6-8;1-2-3(4)5/h2-6H2,1H3;2H,1H2,(H,4,5). The number of nitrogens with zero attached hydrogens (tertiary/aromatic N) is 1. The molecular weight excluding hydrogens is 198 g/mol. The van der Waals surface area contributed by atoms with E-state index in [1.54, 1.807) is 4.90 Å². The van der Waals surface area contributed by atoms with E-state index in [1.165, 1.54) is 0 Å². The summed E-state index contributed by atoms with van der Waals surface area (Å²) >= 11 is 0. The Labute approximate surface area is 89.3 Å². The number of carbonyl (C=O) groups is 2. The molecule has 1 aliphatic heterocycles. The monoisotopic (exact) mass is 215 g/mol. The van der Waals surface area contributed by atoms with Gasteiger partial charge in [-0.1, -0.05) is 6.58 Å². The van der Waals surface area contributed by atoms with Crippen molar-refractivity contribution in [3.05, 3.63) is 12.7 Å². The lowest BCUT2D eigenvalue weighted by Gasteiger charge is -2.13. The SMILES string of the molecule is C=CC(=O)O.CCOC(=O)N1CCCC1. The molecule has 0 spiro atoms. The smallest absolute Gasteiger partial charge is 0.409 e. The molecule has 5 nitrogen and oxygen atoms in total. The molecule has 15 heavy (non-hydrogen) atoms. The minimum absolute atomic E-state index is 0.153. The van der Waals surface area contributed by atoms with Crippen LogP contribution in [0.4, 0.5) is 4.79 Å². The molecule has 0 aromatic carbocycles. The van der Waals surface area contributed by atoms with Gasteiger partial charge in [-0.25, -0.2) is 9.59 Å². The van der Waals surface area contributed by atoms with E-state index < -0.39 is 5.97 Å². The molecule has 86 valence electrons. The van der Waals surface area contributed by atoms with Crippen molar-refractivity contribution in [1.29, 1.82) is 0 Å². The molecule has 1 saturated heterocycles. The summed E-state index contributed by atoms with van der Waals surface area (Å²) in [5.41, 5.74) is 0. The Kier molecular flexibility index (Phi) is 7.05. The number of likely N-dealkylation sites (tertiary alicyclic amines) is 1. The van der Waals surface area contributed by atoms with E-state index >= 15 is 0 Å². The lowest BCUT2D eigenvalue weighted by molar-refractivity contribution is -0.131. The van der Waals surface area contributed by atoms with Crippen molar-refractivity contribution in [3.8, 4) is 0 Å². The molecule has 0 unspecified atom stereocenters. The highest BCUT2D eigenvalue weighted by molar-refractivity contribution is 5.78.